The van der Waals surface area contributed by atoms with Crippen molar-refractivity contribution >= 4 is 35.3 Å². The molecule has 0 amide bonds. The summed E-state index contributed by atoms with van der Waals surface area (Å²) in [5.41, 5.74) is 3.24. The minimum Gasteiger partial charge on any atom is -0.508 e. The lowest BCUT2D eigenvalue weighted by Crippen LogP contribution is -2.13. The lowest BCUT2D eigenvalue weighted by Gasteiger charge is -2.15. The van der Waals surface area contributed by atoms with Crippen molar-refractivity contribution in [2.45, 2.75) is 37.4 Å². The highest BCUT2D eigenvalue weighted by Crippen LogP contribution is 2.33. The number of benzene rings is 1. The van der Waals surface area contributed by atoms with Crippen molar-refractivity contribution in [2.24, 2.45) is 0 Å². The predicted octanol–water partition coefficient (Wildman–Crippen LogP) is 3.35. The molecule has 1 unspecified atom stereocenters. The van der Waals surface area contributed by atoms with Gasteiger partial charge in [-0.2, -0.15) is 0 Å². The summed E-state index contributed by atoms with van der Waals surface area (Å²) in [7, 11) is 1.96. The Bertz CT molecular complexity index is 339. The highest BCUT2D eigenvalue weighted by atomic mass is 127. The molecule has 1 N–H and O–H groups in total. The van der Waals surface area contributed by atoms with Crippen molar-refractivity contribution in [3.63, 3.8) is 0 Å². The minimum absolute atomic E-state index is 0.409. The van der Waals surface area contributed by atoms with Gasteiger partial charge in [-0.05, 0) is 18.8 Å². The van der Waals surface area contributed by atoms with E-state index >= 15 is 0 Å². The van der Waals surface area contributed by atoms with Gasteiger partial charge >= 0.3 is 0 Å². The van der Waals surface area contributed by atoms with Crippen molar-refractivity contribution in [3.8, 4) is 5.75 Å². The number of hydrogen-bond acceptors (Lipinski definition) is 1. The van der Waals surface area contributed by atoms with E-state index in [0.717, 1.165) is 23.9 Å². The molecule has 0 fully saturated rings. The van der Waals surface area contributed by atoms with E-state index < -0.39 is 0 Å². The Labute approximate surface area is 107 Å². The maximum Gasteiger partial charge on any atom is 0.153 e. The third-order valence-electron chi connectivity index (χ3n) is 2.50. The van der Waals surface area contributed by atoms with Crippen LogP contribution in [-0.4, -0.2) is 12.4 Å². The molecule has 0 aliphatic heterocycles. The lowest BCUT2D eigenvalue weighted by atomic mass is 9.71. The van der Waals surface area contributed by atoms with Gasteiger partial charge < -0.3 is 5.11 Å². The fraction of sp³-hybridized carbons (Fsp3) is 0.500. The number of phenolic OH excluding ortho intramolecular Hbond substituents is 1. The first-order chi connectivity index (χ1) is 7.10. The fourth-order valence-electron chi connectivity index (χ4n) is 1.70. The van der Waals surface area contributed by atoms with Gasteiger partial charge in [0, 0.05) is 9.49 Å². The van der Waals surface area contributed by atoms with Gasteiger partial charge in [0.25, 0.3) is 0 Å². The maximum absolute atomic E-state index is 10.1. The second kappa shape index (κ2) is 5.78. The molecule has 0 aromatic heterocycles. The average molecular weight is 315 g/mol. The molecular weight excluding hydrogens is 298 g/mol. The van der Waals surface area contributed by atoms with Crippen LogP contribution in [0.1, 0.15) is 34.8 Å². The molecule has 0 aliphatic rings. The predicted molar refractivity (Wildman–Crippen MR) is 75.8 cm³/mol. The highest BCUT2D eigenvalue weighted by molar-refractivity contribution is 14.1. The zero-order valence-corrected chi connectivity index (χ0v) is 11.7. The second-order valence-corrected chi connectivity index (χ2v) is 5.34. The van der Waals surface area contributed by atoms with Gasteiger partial charge in [0.05, 0.1) is 0 Å². The van der Waals surface area contributed by atoms with Crippen LogP contribution < -0.4 is 5.46 Å². The third-order valence-corrected chi connectivity index (χ3v) is 3.80. The summed E-state index contributed by atoms with van der Waals surface area (Å²) in [5, 5.41) is 10.1. The molecule has 15 heavy (non-hydrogen) atoms. The van der Waals surface area contributed by atoms with Crippen LogP contribution in [-0.2, 0) is 0 Å². The number of rotatable bonds is 4. The van der Waals surface area contributed by atoms with Crippen molar-refractivity contribution < 1.29 is 5.11 Å². The summed E-state index contributed by atoms with van der Waals surface area (Å²) in [4.78, 5) is 0. The van der Waals surface area contributed by atoms with E-state index in [1.54, 1.807) is 0 Å². The van der Waals surface area contributed by atoms with E-state index in [9.17, 15) is 5.11 Å². The van der Waals surface area contributed by atoms with E-state index in [1.165, 1.54) is 5.56 Å². The van der Waals surface area contributed by atoms with Crippen LogP contribution in [0.2, 0.25) is 6.82 Å². The van der Waals surface area contributed by atoms with Crippen molar-refractivity contribution in [1.29, 1.82) is 0 Å². The van der Waals surface area contributed by atoms with Crippen LogP contribution in [0.5, 0.6) is 5.75 Å². The summed E-state index contributed by atoms with van der Waals surface area (Å²) in [5.74, 6) is 0.455. The first kappa shape index (κ1) is 12.9. The molecule has 0 spiro atoms. The molecule has 1 aromatic rings. The summed E-state index contributed by atoms with van der Waals surface area (Å²) < 4.78 is 0.409. The number of aryl methyl sites for hydroxylation is 1. The quantitative estimate of drug-likeness (QED) is 0.513. The van der Waals surface area contributed by atoms with E-state index in [-0.39, 0.29) is 0 Å². The molecule has 1 aromatic carbocycles. The maximum atomic E-state index is 10.1. The van der Waals surface area contributed by atoms with Gasteiger partial charge in [-0.25, -0.2) is 0 Å². The van der Waals surface area contributed by atoms with E-state index in [0.29, 0.717) is 9.67 Å². The van der Waals surface area contributed by atoms with Crippen LogP contribution in [0, 0.1) is 6.92 Å². The van der Waals surface area contributed by atoms with E-state index in [4.69, 9.17) is 0 Å². The molecule has 0 heterocycles. The van der Waals surface area contributed by atoms with E-state index in [2.05, 4.69) is 42.5 Å². The Balaban J connectivity index is 3.11. The minimum atomic E-state index is 0.409. The Morgan fingerprint density at radius 2 is 2.13 bits per heavy atom. The van der Waals surface area contributed by atoms with E-state index in [1.807, 2.05) is 20.2 Å². The molecule has 0 saturated heterocycles. The largest absolute Gasteiger partial charge is 0.508 e. The van der Waals surface area contributed by atoms with Gasteiger partial charge in [0.1, 0.15) is 5.75 Å². The number of aromatic hydroxyl groups is 1. The summed E-state index contributed by atoms with van der Waals surface area (Å²) >= 11 is 2.41. The molecule has 1 nitrogen and oxygen atoms in total. The first-order valence-electron chi connectivity index (χ1n) is 5.37. The molecule has 3 heteroatoms. The molecular formula is C12H17BIO. The molecule has 1 rings (SSSR count). The van der Waals surface area contributed by atoms with Crippen LogP contribution >= 0.6 is 22.6 Å². The summed E-state index contributed by atoms with van der Waals surface area (Å²) in [6.07, 6.45) is 2.26. The first-order valence-corrected chi connectivity index (χ1v) is 6.61. The standard InChI is InChI=1S/C12H17BIO/c1-4-5-11(14)9-6-8(2)7-10(13-3)12(9)15/h6-7,11,15H,4-5H2,1-3H3. The van der Waals surface area contributed by atoms with Gasteiger partial charge in [-0.1, -0.05) is 60.5 Å². The highest BCUT2D eigenvalue weighted by Gasteiger charge is 2.14. The second-order valence-electron chi connectivity index (χ2n) is 3.84. The smallest absolute Gasteiger partial charge is 0.153 e. The van der Waals surface area contributed by atoms with Crippen molar-refractivity contribution in [1.82, 2.24) is 0 Å². The Morgan fingerprint density at radius 1 is 1.47 bits per heavy atom. The SMILES string of the molecule is C[B]c1cc(C)cc(C(I)CCC)c1O. The zero-order chi connectivity index (χ0) is 11.4. The lowest BCUT2D eigenvalue weighted by molar-refractivity contribution is 0.471. The summed E-state index contributed by atoms with van der Waals surface area (Å²) in [6.45, 7) is 6.21. The number of alkyl halides is 1. The number of hydrogen-bond donors (Lipinski definition) is 1. The van der Waals surface area contributed by atoms with Crippen molar-refractivity contribution in [3.05, 3.63) is 23.3 Å². The molecule has 0 saturated carbocycles. The van der Waals surface area contributed by atoms with Crippen LogP contribution in [0.25, 0.3) is 0 Å². The van der Waals surface area contributed by atoms with Crippen molar-refractivity contribution in [2.75, 3.05) is 0 Å². The van der Waals surface area contributed by atoms with Gasteiger partial charge in [-0.15, -0.1) is 0 Å². The topological polar surface area (TPSA) is 20.2 Å². The van der Waals surface area contributed by atoms with Gasteiger partial charge in [0.15, 0.2) is 7.28 Å². The fourth-order valence-corrected chi connectivity index (χ4v) is 2.80. The van der Waals surface area contributed by atoms with Gasteiger partial charge in [0.2, 0.25) is 0 Å². The van der Waals surface area contributed by atoms with Crippen LogP contribution in [0.4, 0.5) is 0 Å². The van der Waals surface area contributed by atoms with Gasteiger partial charge in [-0.3, -0.25) is 0 Å². The molecule has 1 atom stereocenters. The number of halogens is 1. The number of phenols is 1. The molecule has 1 radical (unpaired) electrons. The summed E-state index contributed by atoms with van der Waals surface area (Å²) in [6, 6.07) is 4.11. The Kier molecular flexibility index (Phi) is 4.96. The monoisotopic (exact) mass is 315 g/mol. The third kappa shape index (κ3) is 3.13. The van der Waals surface area contributed by atoms with Crippen LogP contribution in [0.3, 0.4) is 0 Å². The zero-order valence-electron chi connectivity index (χ0n) is 9.55. The normalized spacial score (nSPS) is 12.5. The Hall–Kier alpha value is -0.185. The molecule has 0 bridgehead atoms. The molecule has 81 valence electrons. The Morgan fingerprint density at radius 3 is 2.67 bits per heavy atom. The average Bonchev–Trinajstić information content (AvgIpc) is 2.21. The molecule has 0 aliphatic carbocycles. The van der Waals surface area contributed by atoms with Crippen LogP contribution in [0.15, 0.2) is 12.1 Å².